The summed E-state index contributed by atoms with van der Waals surface area (Å²) in [6.07, 6.45) is 6.41. The summed E-state index contributed by atoms with van der Waals surface area (Å²) in [4.78, 5) is 2.63. The Bertz CT molecular complexity index is 117. The van der Waals surface area contributed by atoms with Crippen LogP contribution in [-0.4, -0.2) is 41.4 Å². The minimum Gasteiger partial charge on any atom is -0.300 e. The molecule has 0 aromatic rings. The molecule has 72 valence electrons. The molecule has 1 rings (SSSR count). The molecule has 0 bridgehead atoms. The summed E-state index contributed by atoms with van der Waals surface area (Å²) in [5, 5.41) is 1.13. The molecule has 1 nitrogen and oxygen atoms in total. The Morgan fingerprint density at radius 1 is 1.42 bits per heavy atom. The highest BCUT2D eigenvalue weighted by molar-refractivity contribution is 9.09. The van der Waals surface area contributed by atoms with Crippen LogP contribution in [0.2, 0.25) is 0 Å². The molecule has 0 heterocycles. The van der Waals surface area contributed by atoms with E-state index in [1.807, 2.05) is 11.8 Å². The number of hydrogen-bond donors (Lipinski definition) is 0. The summed E-state index contributed by atoms with van der Waals surface area (Å²) in [5.41, 5.74) is 0. The van der Waals surface area contributed by atoms with Crippen molar-refractivity contribution in [3.8, 4) is 0 Å². The van der Waals surface area contributed by atoms with Gasteiger partial charge in [0.25, 0.3) is 0 Å². The quantitative estimate of drug-likeness (QED) is 0.506. The molecule has 0 aromatic carbocycles. The van der Waals surface area contributed by atoms with Gasteiger partial charge in [0.15, 0.2) is 0 Å². The zero-order valence-electron chi connectivity index (χ0n) is 7.76. The van der Waals surface area contributed by atoms with Crippen LogP contribution in [0.25, 0.3) is 0 Å². The molecule has 1 saturated carbocycles. The predicted molar refractivity (Wildman–Crippen MR) is 61.4 cm³/mol. The third-order valence-corrected chi connectivity index (χ3v) is 3.28. The second kappa shape index (κ2) is 6.28. The molecule has 1 aliphatic rings. The van der Waals surface area contributed by atoms with Crippen molar-refractivity contribution in [1.29, 1.82) is 0 Å². The first-order valence-electron chi connectivity index (χ1n) is 4.67. The minimum absolute atomic E-state index is 0.935. The highest BCUT2D eigenvalue weighted by atomic mass is 79.9. The van der Waals surface area contributed by atoms with Gasteiger partial charge in [-0.2, -0.15) is 11.8 Å². The molecule has 0 aromatic heterocycles. The lowest BCUT2D eigenvalue weighted by Crippen LogP contribution is -2.29. The molecule has 0 spiro atoms. The Labute approximate surface area is 88.4 Å². The summed E-state index contributed by atoms with van der Waals surface area (Å²) in [6.45, 7) is 2.54. The molecule has 1 aliphatic carbocycles. The lowest BCUT2D eigenvalue weighted by Gasteiger charge is -2.20. The molecule has 0 N–H and O–H groups in total. The molecule has 3 heteroatoms. The summed E-state index contributed by atoms with van der Waals surface area (Å²) in [7, 11) is 0. The number of rotatable bonds is 7. The van der Waals surface area contributed by atoms with E-state index in [0.717, 1.165) is 11.4 Å². The van der Waals surface area contributed by atoms with Crippen LogP contribution in [0, 0.1) is 0 Å². The van der Waals surface area contributed by atoms with E-state index in [4.69, 9.17) is 0 Å². The van der Waals surface area contributed by atoms with Crippen molar-refractivity contribution in [3.05, 3.63) is 0 Å². The second-order valence-corrected chi connectivity index (χ2v) is 5.08. The maximum absolute atomic E-state index is 3.51. The lowest BCUT2D eigenvalue weighted by molar-refractivity contribution is 0.282. The number of nitrogens with zero attached hydrogens (tertiary/aromatic N) is 1. The van der Waals surface area contributed by atoms with Crippen LogP contribution in [0.15, 0.2) is 0 Å². The first-order valence-corrected chi connectivity index (χ1v) is 7.19. The van der Waals surface area contributed by atoms with Gasteiger partial charge in [0.2, 0.25) is 0 Å². The standard InChI is InChI=1S/C9H18BrNS/c1-12-8-2-6-11(7-5-10)9-3-4-9/h9H,2-8H2,1H3. The van der Waals surface area contributed by atoms with Crippen LogP contribution in [0.5, 0.6) is 0 Å². The lowest BCUT2D eigenvalue weighted by atomic mass is 10.4. The third-order valence-electron chi connectivity index (χ3n) is 2.23. The van der Waals surface area contributed by atoms with Crippen LogP contribution >= 0.6 is 27.7 Å². The number of thioether (sulfide) groups is 1. The van der Waals surface area contributed by atoms with E-state index in [0.29, 0.717) is 0 Å². The van der Waals surface area contributed by atoms with Gasteiger partial charge in [0.1, 0.15) is 0 Å². The van der Waals surface area contributed by atoms with E-state index in [9.17, 15) is 0 Å². The number of halogens is 1. The molecule has 0 aliphatic heterocycles. The molecular weight excluding hydrogens is 234 g/mol. The second-order valence-electron chi connectivity index (χ2n) is 3.30. The van der Waals surface area contributed by atoms with Crippen molar-refractivity contribution >= 4 is 27.7 Å². The Morgan fingerprint density at radius 3 is 2.67 bits per heavy atom. The van der Waals surface area contributed by atoms with Crippen LogP contribution in [-0.2, 0) is 0 Å². The van der Waals surface area contributed by atoms with E-state index in [2.05, 4.69) is 27.1 Å². The van der Waals surface area contributed by atoms with Gasteiger partial charge < -0.3 is 0 Å². The topological polar surface area (TPSA) is 3.24 Å². The fourth-order valence-corrected chi connectivity index (χ4v) is 2.31. The smallest absolute Gasteiger partial charge is 0.0159 e. The van der Waals surface area contributed by atoms with Gasteiger partial charge in [0.05, 0.1) is 0 Å². The van der Waals surface area contributed by atoms with E-state index < -0.39 is 0 Å². The summed E-state index contributed by atoms with van der Waals surface area (Å²) in [6, 6.07) is 0.935. The first kappa shape index (κ1) is 10.9. The molecule has 12 heavy (non-hydrogen) atoms. The highest BCUT2D eigenvalue weighted by Crippen LogP contribution is 2.26. The average molecular weight is 252 g/mol. The van der Waals surface area contributed by atoms with Crippen molar-refractivity contribution in [2.45, 2.75) is 25.3 Å². The molecule has 0 radical (unpaired) electrons. The number of alkyl halides is 1. The summed E-state index contributed by atoms with van der Waals surface area (Å²) in [5.74, 6) is 1.31. The Hall–Kier alpha value is 0.790. The van der Waals surface area contributed by atoms with E-state index >= 15 is 0 Å². The van der Waals surface area contributed by atoms with Gasteiger partial charge in [-0.05, 0) is 37.8 Å². The van der Waals surface area contributed by atoms with E-state index in [1.165, 1.54) is 38.1 Å². The zero-order chi connectivity index (χ0) is 8.81. The molecule has 0 atom stereocenters. The maximum Gasteiger partial charge on any atom is 0.0159 e. The minimum atomic E-state index is 0.935. The van der Waals surface area contributed by atoms with E-state index in [-0.39, 0.29) is 0 Å². The van der Waals surface area contributed by atoms with Crippen molar-refractivity contribution in [3.63, 3.8) is 0 Å². The third kappa shape index (κ3) is 4.15. The Morgan fingerprint density at radius 2 is 2.17 bits per heavy atom. The number of hydrogen-bond acceptors (Lipinski definition) is 2. The van der Waals surface area contributed by atoms with Crippen LogP contribution in [0.1, 0.15) is 19.3 Å². The summed E-state index contributed by atoms with van der Waals surface area (Å²) < 4.78 is 0. The average Bonchev–Trinajstić information content (AvgIpc) is 2.86. The van der Waals surface area contributed by atoms with Gasteiger partial charge in [-0.25, -0.2) is 0 Å². The molecule has 0 unspecified atom stereocenters. The van der Waals surface area contributed by atoms with Crippen LogP contribution < -0.4 is 0 Å². The van der Waals surface area contributed by atoms with Crippen molar-refractivity contribution < 1.29 is 0 Å². The normalized spacial score (nSPS) is 17.2. The molecular formula is C9H18BrNS. The van der Waals surface area contributed by atoms with Gasteiger partial charge in [0, 0.05) is 17.9 Å². The molecule has 0 amide bonds. The highest BCUT2D eigenvalue weighted by Gasteiger charge is 2.27. The monoisotopic (exact) mass is 251 g/mol. The fraction of sp³-hybridized carbons (Fsp3) is 1.00. The van der Waals surface area contributed by atoms with E-state index in [1.54, 1.807) is 0 Å². The zero-order valence-corrected chi connectivity index (χ0v) is 10.2. The molecule has 0 saturated heterocycles. The largest absolute Gasteiger partial charge is 0.300 e. The predicted octanol–water partition coefficient (Wildman–Crippen LogP) is 2.60. The van der Waals surface area contributed by atoms with Gasteiger partial charge in [-0.1, -0.05) is 15.9 Å². The van der Waals surface area contributed by atoms with Crippen LogP contribution in [0.3, 0.4) is 0 Å². The van der Waals surface area contributed by atoms with Crippen molar-refractivity contribution in [2.24, 2.45) is 0 Å². The summed E-state index contributed by atoms with van der Waals surface area (Å²) >= 11 is 5.46. The fourth-order valence-electron chi connectivity index (χ4n) is 1.44. The SMILES string of the molecule is CSCCCN(CCBr)C1CC1. The van der Waals surface area contributed by atoms with Crippen molar-refractivity contribution in [1.82, 2.24) is 4.90 Å². The Kier molecular flexibility index (Phi) is 5.68. The van der Waals surface area contributed by atoms with Crippen LogP contribution in [0.4, 0.5) is 0 Å². The van der Waals surface area contributed by atoms with Gasteiger partial charge >= 0.3 is 0 Å². The Balaban J connectivity index is 2.05. The van der Waals surface area contributed by atoms with Crippen molar-refractivity contribution in [2.75, 3.05) is 30.4 Å². The van der Waals surface area contributed by atoms with Gasteiger partial charge in [-0.3, -0.25) is 4.90 Å². The molecule has 1 fully saturated rings. The first-order chi connectivity index (χ1) is 5.88. The maximum atomic E-state index is 3.51. The van der Waals surface area contributed by atoms with Gasteiger partial charge in [-0.15, -0.1) is 0 Å².